The highest BCUT2D eigenvalue weighted by Crippen LogP contribution is 2.32. The molecule has 1 saturated heterocycles. The van der Waals surface area contributed by atoms with E-state index in [4.69, 9.17) is 4.74 Å². The van der Waals surface area contributed by atoms with Crippen LogP contribution in [0.5, 0.6) is 0 Å². The zero-order valence-corrected chi connectivity index (χ0v) is 21.5. The summed E-state index contributed by atoms with van der Waals surface area (Å²) in [5.41, 5.74) is 3.88. The summed E-state index contributed by atoms with van der Waals surface area (Å²) in [6, 6.07) is 18.1. The van der Waals surface area contributed by atoms with E-state index in [-0.39, 0.29) is 11.5 Å². The number of benzene rings is 3. The summed E-state index contributed by atoms with van der Waals surface area (Å²) in [6.07, 6.45) is 2.73. The predicted molar refractivity (Wildman–Crippen MR) is 149 cm³/mol. The minimum Gasteiger partial charge on any atom is -0.379 e. The second kappa shape index (κ2) is 11.3. The largest absolute Gasteiger partial charge is 0.379 e. The Morgan fingerprint density at radius 1 is 0.973 bits per heavy atom. The monoisotopic (exact) mass is 498 g/mol. The van der Waals surface area contributed by atoms with Gasteiger partial charge in [0.1, 0.15) is 0 Å². The first-order valence-electron chi connectivity index (χ1n) is 12.9. The molecule has 1 amide bonds. The van der Waals surface area contributed by atoms with E-state index in [1.54, 1.807) is 6.07 Å². The number of pyridine rings is 1. The summed E-state index contributed by atoms with van der Waals surface area (Å²) in [5, 5.41) is 7.25. The van der Waals surface area contributed by atoms with Crippen molar-refractivity contribution in [1.29, 1.82) is 0 Å². The molecule has 1 aliphatic heterocycles. The van der Waals surface area contributed by atoms with Gasteiger partial charge in [-0.25, -0.2) is 0 Å². The van der Waals surface area contributed by atoms with Gasteiger partial charge in [-0.15, -0.1) is 0 Å². The molecule has 2 N–H and O–H groups in total. The molecule has 5 rings (SSSR count). The Labute approximate surface area is 217 Å². The highest BCUT2D eigenvalue weighted by Gasteiger charge is 2.15. The zero-order chi connectivity index (χ0) is 25.8. The molecule has 0 saturated carbocycles. The van der Waals surface area contributed by atoms with Crippen LogP contribution in [0.25, 0.3) is 32.7 Å². The quantitative estimate of drug-likeness (QED) is 0.285. The maximum absolute atomic E-state index is 12.5. The van der Waals surface area contributed by atoms with Crippen LogP contribution in [0, 0.1) is 0 Å². The lowest BCUT2D eigenvalue weighted by Crippen LogP contribution is -2.35. The first-order valence-corrected chi connectivity index (χ1v) is 12.9. The van der Waals surface area contributed by atoms with Gasteiger partial charge >= 0.3 is 0 Å². The van der Waals surface area contributed by atoms with Crippen molar-refractivity contribution >= 4 is 27.5 Å². The highest BCUT2D eigenvalue weighted by atomic mass is 16.5. The molecule has 0 aliphatic carbocycles. The number of hydrogen-bond acceptors (Lipinski definition) is 5. The molecule has 0 bridgehead atoms. The molecule has 0 radical (unpaired) electrons. The summed E-state index contributed by atoms with van der Waals surface area (Å²) in [5.74, 6) is -0.0495. The molecule has 0 unspecified atom stereocenters. The molecular formula is C30H34N4O3. The Morgan fingerprint density at radius 3 is 2.49 bits per heavy atom. The van der Waals surface area contributed by atoms with Crippen molar-refractivity contribution in [2.45, 2.75) is 13.0 Å². The van der Waals surface area contributed by atoms with Crippen molar-refractivity contribution < 1.29 is 9.53 Å². The van der Waals surface area contributed by atoms with Gasteiger partial charge in [0, 0.05) is 49.4 Å². The number of amides is 1. The molecule has 0 spiro atoms. The Hall–Kier alpha value is -3.52. The molecule has 1 aliphatic rings. The van der Waals surface area contributed by atoms with E-state index in [0.29, 0.717) is 12.1 Å². The number of morpholine rings is 1. The minimum absolute atomic E-state index is 0.0495. The van der Waals surface area contributed by atoms with Crippen LogP contribution in [0.3, 0.4) is 0 Å². The van der Waals surface area contributed by atoms with Crippen molar-refractivity contribution in [3.63, 3.8) is 0 Å². The smallest absolute Gasteiger partial charge is 0.251 e. The molecular weight excluding hydrogens is 464 g/mol. The third kappa shape index (κ3) is 5.91. The van der Waals surface area contributed by atoms with Gasteiger partial charge in [-0.3, -0.25) is 14.5 Å². The lowest BCUT2D eigenvalue weighted by Gasteiger charge is -2.27. The molecule has 7 heteroatoms. The minimum atomic E-state index is -0.101. The average Bonchev–Trinajstić information content (AvgIpc) is 2.91. The normalized spacial score (nSPS) is 14.5. The van der Waals surface area contributed by atoms with Gasteiger partial charge in [0.15, 0.2) is 0 Å². The van der Waals surface area contributed by atoms with E-state index in [1.165, 1.54) is 10.9 Å². The number of fused-ring (bicyclic) bond motifs is 3. The number of carbonyl (C=O) groups excluding carboxylic acids is 1. The standard InChI is InChI=1S/C30H34N4O3/c1-33(2)11-3-10-31-30(36)22-6-4-21(5-7-22)23-8-9-26-25(20-34-12-14-37-15-13-34)16-24-18-29(35)32-19-28(24)27(26)17-23/h4-9,16-19H,3,10-15,20H2,1-2H3,(H,31,36)(H,32,35). The Balaban J connectivity index is 1.44. The fourth-order valence-corrected chi connectivity index (χ4v) is 4.98. The van der Waals surface area contributed by atoms with Crippen LogP contribution in [-0.4, -0.2) is 74.2 Å². The second-order valence-corrected chi connectivity index (χ2v) is 9.97. The molecule has 192 valence electrons. The van der Waals surface area contributed by atoms with Crippen molar-refractivity contribution in [1.82, 2.24) is 20.1 Å². The molecule has 7 nitrogen and oxygen atoms in total. The van der Waals surface area contributed by atoms with Gasteiger partial charge in [-0.2, -0.15) is 0 Å². The molecule has 0 atom stereocenters. The fraction of sp³-hybridized carbons (Fsp3) is 0.333. The van der Waals surface area contributed by atoms with Crippen molar-refractivity contribution in [3.05, 3.63) is 82.3 Å². The first kappa shape index (κ1) is 25.1. The maximum Gasteiger partial charge on any atom is 0.251 e. The van der Waals surface area contributed by atoms with Gasteiger partial charge < -0.3 is 19.9 Å². The van der Waals surface area contributed by atoms with E-state index < -0.39 is 0 Å². The lowest BCUT2D eigenvalue weighted by atomic mass is 9.94. The lowest BCUT2D eigenvalue weighted by molar-refractivity contribution is 0.0344. The number of hydrogen-bond donors (Lipinski definition) is 2. The van der Waals surface area contributed by atoms with Crippen LogP contribution in [0.4, 0.5) is 0 Å². The maximum atomic E-state index is 12.5. The number of ether oxygens (including phenoxy) is 1. The van der Waals surface area contributed by atoms with Gasteiger partial charge in [-0.1, -0.05) is 24.3 Å². The summed E-state index contributed by atoms with van der Waals surface area (Å²) in [6.45, 7) is 5.73. The SMILES string of the molecule is CN(C)CCCNC(=O)c1ccc(-c2ccc3c(CN4CCOCC4)cc4cc(=O)[nH]cc4c3c2)cc1. The van der Waals surface area contributed by atoms with Crippen LogP contribution >= 0.6 is 0 Å². The first-order chi connectivity index (χ1) is 18.0. The van der Waals surface area contributed by atoms with Gasteiger partial charge in [0.25, 0.3) is 5.91 Å². The third-order valence-corrected chi connectivity index (χ3v) is 6.99. The highest BCUT2D eigenvalue weighted by molar-refractivity contribution is 6.10. The Kier molecular flexibility index (Phi) is 7.65. The van der Waals surface area contributed by atoms with Gasteiger partial charge in [-0.05, 0) is 84.2 Å². The van der Waals surface area contributed by atoms with Crippen molar-refractivity contribution in [2.24, 2.45) is 0 Å². The summed E-state index contributed by atoms with van der Waals surface area (Å²) in [7, 11) is 4.06. The van der Waals surface area contributed by atoms with E-state index >= 15 is 0 Å². The van der Waals surface area contributed by atoms with Crippen molar-refractivity contribution in [2.75, 3.05) is 53.5 Å². The Bertz CT molecular complexity index is 1450. The number of carbonyl (C=O) groups is 1. The fourth-order valence-electron chi connectivity index (χ4n) is 4.98. The van der Waals surface area contributed by atoms with E-state index in [9.17, 15) is 9.59 Å². The average molecular weight is 499 g/mol. The number of aromatic amines is 1. The zero-order valence-electron chi connectivity index (χ0n) is 21.5. The second-order valence-electron chi connectivity index (χ2n) is 9.97. The number of nitrogens with zero attached hydrogens (tertiary/aromatic N) is 2. The number of rotatable bonds is 8. The van der Waals surface area contributed by atoms with Gasteiger partial charge in [0.05, 0.1) is 13.2 Å². The Morgan fingerprint density at radius 2 is 1.73 bits per heavy atom. The predicted octanol–water partition coefficient (Wildman–Crippen LogP) is 3.86. The molecule has 1 fully saturated rings. The molecule has 1 aromatic heterocycles. The summed E-state index contributed by atoms with van der Waals surface area (Å²) >= 11 is 0. The number of H-pyrrole nitrogens is 1. The van der Waals surface area contributed by atoms with Crippen LogP contribution in [0.1, 0.15) is 22.3 Å². The van der Waals surface area contributed by atoms with E-state index in [2.05, 4.69) is 44.4 Å². The molecule has 3 aromatic carbocycles. The van der Waals surface area contributed by atoms with Crippen LogP contribution in [0.2, 0.25) is 0 Å². The summed E-state index contributed by atoms with van der Waals surface area (Å²) in [4.78, 5) is 32.0. The number of aromatic nitrogens is 1. The van der Waals surface area contributed by atoms with Crippen LogP contribution in [-0.2, 0) is 11.3 Å². The van der Waals surface area contributed by atoms with Crippen molar-refractivity contribution in [3.8, 4) is 11.1 Å². The van der Waals surface area contributed by atoms with E-state index in [1.807, 2.05) is 44.6 Å². The number of nitrogens with one attached hydrogen (secondary N) is 2. The van der Waals surface area contributed by atoms with Crippen LogP contribution in [0.15, 0.2) is 65.6 Å². The van der Waals surface area contributed by atoms with Crippen LogP contribution < -0.4 is 10.9 Å². The third-order valence-electron chi connectivity index (χ3n) is 6.99. The molecule has 37 heavy (non-hydrogen) atoms. The molecule has 4 aromatic rings. The topological polar surface area (TPSA) is 77.7 Å². The summed E-state index contributed by atoms with van der Waals surface area (Å²) < 4.78 is 5.52. The van der Waals surface area contributed by atoms with Gasteiger partial charge in [0.2, 0.25) is 5.56 Å². The van der Waals surface area contributed by atoms with E-state index in [0.717, 1.165) is 73.1 Å². The molecule has 2 heterocycles.